The molecule has 5 nitrogen and oxygen atoms in total. The zero-order valence-corrected chi connectivity index (χ0v) is 11.6. The van der Waals surface area contributed by atoms with Gasteiger partial charge in [0.15, 0.2) is 0 Å². The first-order valence-electron chi connectivity index (χ1n) is 7.39. The predicted molar refractivity (Wildman–Crippen MR) is 72.5 cm³/mol. The third-order valence-electron chi connectivity index (χ3n) is 4.90. The quantitative estimate of drug-likeness (QED) is 0.669. The zero-order valence-electron chi connectivity index (χ0n) is 11.6. The van der Waals surface area contributed by atoms with Crippen molar-refractivity contribution in [3.05, 3.63) is 0 Å². The molecule has 110 valence electrons. The molecule has 0 spiro atoms. The van der Waals surface area contributed by atoms with Gasteiger partial charge in [0.25, 0.3) is 0 Å². The first kappa shape index (κ1) is 14.8. The number of rotatable bonds is 5. The maximum atomic E-state index is 12.4. The minimum atomic E-state index is -0.439. The van der Waals surface area contributed by atoms with Gasteiger partial charge < -0.3 is 20.9 Å². The Morgan fingerprint density at radius 2 is 2.00 bits per heavy atom. The second kappa shape index (κ2) is 6.68. The number of nitrogens with one attached hydrogen (secondary N) is 1. The summed E-state index contributed by atoms with van der Waals surface area (Å²) in [5.74, 6) is 0.842. The molecule has 2 fully saturated rings. The monoisotopic (exact) mass is 270 g/mol. The van der Waals surface area contributed by atoms with Gasteiger partial charge in [0.2, 0.25) is 5.91 Å². The SMILES string of the molecule is NCC1(C(=O)NCC2CCCC2CO)CCOCC1. The highest BCUT2D eigenvalue weighted by Gasteiger charge is 2.39. The molecule has 0 aromatic rings. The zero-order chi connectivity index (χ0) is 13.7. The first-order chi connectivity index (χ1) is 9.22. The van der Waals surface area contributed by atoms with E-state index in [1.54, 1.807) is 0 Å². The lowest BCUT2D eigenvalue weighted by atomic mass is 9.79. The molecule has 0 aromatic carbocycles. The van der Waals surface area contributed by atoms with Crippen LogP contribution in [-0.4, -0.2) is 43.9 Å². The summed E-state index contributed by atoms with van der Waals surface area (Å²) in [6.07, 6.45) is 4.76. The fourth-order valence-corrected chi connectivity index (χ4v) is 3.32. The van der Waals surface area contributed by atoms with Crippen LogP contribution in [0.2, 0.25) is 0 Å². The summed E-state index contributed by atoms with van der Waals surface area (Å²) in [7, 11) is 0. The molecular formula is C14H26N2O3. The van der Waals surface area contributed by atoms with E-state index in [4.69, 9.17) is 10.5 Å². The minimum Gasteiger partial charge on any atom is -0.396 e. The van der Waals surface area contributed by atoms with Gasteiger partial charge in [-0.2, -0.15) is 0 Å². The van der Waals surface area contributed by atoms with Crippen LogP contribution in [0.4, 0.5) is 0 Å². The molecule has 1 aliphatic carbocycles. The Hall–Kier alpha value is -0.650. The molecule has 5 heteroatoms. The van der Waals surface area contributed by atoms with Crippen LogP contribution < -0.4 is 11.1 Å². The van der Waals surface area contributed by atoms with Crippen molar-refractivity contribution in [2.75, 3.05) is 32.9 Å². The highest BCUT2D eigenvalue weighted by molar-refractivity contribution is 5.83. The summed E-state index contributed by atoms with van der Waals surface area (Å²) in [5, 5.41) is 12.4. The number of hydrogen-bond donors (Lipinski definition) is 3. The van der Waals surface area contributed by atoms with Crippen molar-refractivity contribution in [2.24, 2.45) is 23.0 Å². The van der Waals surface area contributed by atoms with Crippen molar-refractivity contribution in [2.45, 2.75) is 32.1 Å². The van der Waals surface area contributed by atoms with Gasteiger partial charge >= 0.3 is 0 Å². The Bertz CT molecular complexity index is 303. The van der Waals surface area contributed by atoms with Crippen LogP contribution in [0.1, 0.15) is 32.1 Å². The van der Waals surface area contributed by atoms with Crippen LogP contribution in [-0.2, 0) is 9.53 Å². The average molecular weight is 270 g/mol. The number of carbonyl (C=O) groups excluding carboxylic acids is 1. The van der Waals surface area contributed by atoms with E-state index in [1.807, 2.05) is 0 Å². The third kappa shape index (κ3) is 3.27. The summed E-state index contributed by atoms with van der Waals surface area (Å²) in [6, 6.07) is 0. The molecule has 2 rings (SSSR count). The smallest absolute Gasteiger partial charge is 0.227 e. The van der Waals surface area contributed by atoms with Gasteiger partial charge in [-0.15, -0.1) is 0 Å². The summed E-state index contributed by atoms with van der Waals surface area (Å²) in [5.41, 5.74) is 5.38. The van der Waals surface area contributed by atoms with Crippen molar-refractivity contribution < 1.29 is 14.6 Å². The number of aliphatic hydroxyl groups is 1. The van der Waals surface area contributed by atoms with E-state index in [2.05, 4.69) is 5.32 Å². The molecule has 1 saturated heterocycles. The molecule has 2 aliphatic rings. The van der Waals surface area contributed by atoms with Gasteiger partial charge in [-0.25, -0.2) is 0 Å². The van der Waals surface area contributed by atoms with Crippen LogP contribution in [0.25, 0.3) is 0 Å². The van der Waals surface area contributed by atoms with Gasteiger partial charge in [-0.05, 0) is 37.5 Å². The van der Waals surface area contributed by atoms with E-state index in [1.165, 1.54) is 0 Å². The van der Waals surface area contributed by atoms with E-state index in [0.717, 1.165) is 19.3 Å². The van der Waals surface area contributed by atoms with E-state index in [0.29, 0.717) is 51.0 Å². The maximum Gasteiger partial charge on any atom is 0.227 e. The number of hydrogen-bond acceptors (Lipinski definition) is 4. The Balaban J connectivity index is 1.85. The summed E-state index contributed by atoms with van der Waals surface area (Å²) < 4.78 is 5.32. The van der Waals surface area contributed by atoms with Crippen molar-refractivity contribution >= 4 is 5.91 Å². The number of amides is 1. The summed E-state index contributed by atoms with van der Waals surface area (Å²) in [4.78, 5) is 12.4. The lowest BCUT2D eigenvalue weighted by Gasteiger charge is -2.35. The van der Waals surface area contributed by atoms with Gasteiger partial charge in [0.1, 0.15) is 0 Å². The Kier molecular flexibility index (Phi) is 5.19. The number of carbonyl (C=O) groups is 1. The summed E-state index contributed by atoms with van der Waals surface area (Å²) >= 11 is 0. The number of aliphatic hydroxyl groups excluding tert-OH is 1. The first-order valence-corrected chi connectivity index (χ1v) is 7.39. The van der Waals surface area contributed by atoms with Crippen molar-refractivity contribution in [3.63, 3.8) is 0 Å². The van der Waals surface area contributed by atoms with E-state index in [9.17, 15) is 9.90 Å². The number of ether oxygens (including phenoxy) is 1. The van der Waals surface area contributed by atoms with Gasteiger partial charge in [-0.1, -0.05) is 6.42 Å². The van der Waals surface area contributed by atoms with Gasteiger partial charge in [-0.3, -0.25) is 4.79 Å². The van der Waals surface area contributed by atoms with Gasteiger partial charge in [0.05, 0.1) is 5.41 Å². The van der Waals surface area contributed by atoms with Gasteiger partial charge in [0, 0.05) is 32.9 Å². The second-order valence-corrected chi connectivity index (χ2v) is 5.94. The van der Waals surface area contributed by atoms with E-state index >= 15 is 0 Å². The highest BCUT2D eigenvalue weighted by atomic mass is 16.5. The molecule has 2 atom stereocenters. The summed E-state index contributed by atoms with van der Waals surface area (Å²) in [6.45, 7) is 2.53. The standard InChI is InChI=1S/C14H26N2O3/c15-10-14(4-6-19-7-5-14)13(18)16-8-11-2-1-3-12(11)9-17/h11-12,17H,1-10,15H2,(H,16,18). The second-order valence-electron chi connectivity index (χ2n) is 5.94. The maximum absolute atomic E-state index is 12.4. The largest absolute Gasteiger partial charge is 0.396 e. The molecule has 0 radical (unpaired) electrons. The molecule has 1 heterocycles. The van der Waals surface area contributed by atoms with Crippen molar-refractivity contribution in [1.82, 2.24) is 5.32 Å². The Morgan fingerprint density at radius 3 is 2.63 bits per heavy atom. The van der Waals surface area contributed by atoms with Crippen LogP contribution in [0.15, 0.2) is 0 Å². The Labute approximate surface area is 114 Å². The molecule has 0 bridgehead atoms. The van der Waals surface area contributed by atoms with Crippen LogP contribution in [0.3, 0.4) is 0 Å². The minimum absolute atomic E-state index is 0.0712. The average Bonchev–Trinajstić information content (AvgIpc) is 2.92. The predicted octanol–water partition coefficient (Wildman–Crippen LogP) is 0.267. The van der Waals surface area contributed by atoms with Crippen molar-refractivity contribution in [3.8, 4) is 0 Å². The molecule has 2 unspecified atom stereocenters. The highest BCUT2D eigenvalue weighted by Crippen LogP contribution is 2.32. The molecule has 0 aromatic heterocycles. The molecule has 1 saturated carbocycles. The molecular weight excluding hydrogens is 244 g/mol. The van der Waals surface area contributed by atoms with Crippen LogP contribution in [0, 0.1) is 17.3 Å². The molecule has 1 aliphatic heterocycles. The Morgan fingerprint density at radius 1 is 1.32 bits per heavy atom. The topological polar surface area (TPSA) is 84.6 Å². The van der Waals surface area contributed by atoms with Crippen LogP contribution >= 0.6 is 0 Å². The number of nitrogens with two attached hydrogens (primary N) is 1. The van der Waals surface area contributed by atoms with E-state index < -0.39 is 5.41 Å². The lowest BCUT2D eigenvalue weighted by molar-refractivity contribution is -0.136. The third-order valence-corrected chi connectivity index (χ3v) is 4.90. The fourth-order valence-electron chi connectivity index (χ4n) is 3.32. The normalized spacial score (nSPS) is 30.2. The van der Waals surface area contributed by atoms with Crippen LogP contribution in [0.5, 0.6) is 0 Å². The molecule has 4 N–H and O–H groups in total. The fraction of sp³-hybridized carbons (Fsp3) is 0.929. The molecule has 1 amide bonds. The lowest BCUT2D eigenvalue weighted by Crippen LogP contribution is -2.50. The van der Waals surface area contributed by atoms with Crippen molar-refractivity contribution in [1.29, 1.82) is 0 Å². The van der Waals surface area contributed by atoms with E-state index in [-0.39, 0.29) is 12.5 Å². The molecule has 19 heavy (non-hydrogen) atoms.